The Balaban J connectivity index is 0.00000338. The number of piperidine rings is 1. The summed E-state index contributed by atoms with van der Waals surface area (Å²) >= 11 is 12.2. The third kappa shape index (κ3) is 7.12. The average Bonchev–Trinajstić information content (AvgIpc) is 2.60. The molecule has 26 heavy (non-hydrogen) atoms. The van der Waals surface area contributed by atoms with Crippen molar-refractivity contribution in [3.8, 4) is 0 Å². The summed E-state index contributed by atoms with van der Waals surface area (Å²) in [6, 6.07) is 5.48. The molecule has 2 N–H and O–H groups in total. The van der Waals surface area contributed by atoms with E-state index in [2.05, 4.69) is 22.5 Å². The lowest BCUT2D eigenvalue weighted by molar-refractivity contribution is -0.121. The topological polar surface area (TPSA) is 56.7 Å². The van der Waals surface area contributed by atoms with Crippen molar-refractivity contribution in [1.29, 1.82) is 0 Å². The molecule has 1 aliphatic rings. The molecular formula is C18H27Cl2IN4O. The van der Waals surface area contributed by atoms with E-state index in [9.17, 15) is 4.79 Å². The second-order valence-electron chi connectivity index (χ2n) is 6.21. The third-order valence-electron chi connectivity index (χ3n) is 4.42. The van der Waals surface area contributed by atoms with E-state index in [0.717, 1.165) is 44.0 Å². The van der Waals surface area contributed by atoms with E-state index in [1.54, 1.807) is 13.1 Å². The fourth-order valence-electron chi connectivity index (χ4n) is 2.95. The maximum atomic E-state index is 11.5. The molecule has 1 amide bonds. The number of likely N-dealkylation sites (tertiary alicyclic amines) is 1. The fraction of sp³-hybridized carbons (Fsp3) is 0.556. The molecule has 1 saturated heterocycles. The summed E-state index contributed by atoms with van der Waals surface area (Å²) in [5.41, 5.74) is 0.955. The molecule has 1 aromatic rings. The van der Waals surface area contributed by atoms with Crippen LogP contribution in [0.15, 0.2) is 23.2 Å². The number of halogens is 3. The lowest BCUT2D eigenvalue weighted by Gasteiger charge is -2.34. The molecule has 146 valence electrons. The number of guanidine groups is 1. The molecule has 0 aromatic heterocycles. The predicted octanol–water partition coefficient (Wildman–Crippen LogP) is 3.93. The number of rotatable bonds is 5. The van der Waals surface area contributed by atoms with Gasteiger partial charge in [0.25, 0.3) is 0 Å². The lowest BCUT2D eigenvalue weighted by Crippen LogP contribution is -2.46. The summed E-state index contributed by atoms with van der Waals surface area (Å²) in [7, 11) is 1.69. The molecule has 2 rings (SSSR count). The van der Waals surface area contributed by atoms with E-state index in [4.69, 9.17) is 28.2 Å². The molecule has 1 fully saturated rings. The summed E-state index contributed by atoms with van der Waals surface area (Å²) in [6.07, 6.45) is 2.61. The van der Waals surface area contributed by atoms with Crippen LogP contribution in [0.5, 0.6) is 0 Å². The van der Waals surface area contributed by atoms with E-state index in [1.165, 1.54) is 0 Å². The largest absolute Gasteiger partial charge is 0.359 e. The number of hydrogen-bond donors (Lipinski definition) is 2. The van der Waals surface area contributed by atoms with Crippen LogP contribution in [0, 0.1) is 5.92 Å². The van der Waals surface area contributed by atoms with Gasteiger partial charge in [-0.3, -0.25) is 4.79 Å². The first kappa shape index (κ1) is 23.3. The van der Waals surface area contributed by atoms with Crippen molar-refractivity contribution < 1.29 is 4.79 Å². The van der Waals surface area contributed by atoms with Gasteiger partial charge >= 0.3 is 0 Å². The SMILES string of the molecule is CCNC(=NCc1ccc(Cl)cc1Cl)N1CCC(CC(=O)NC)CC1.I. The highest BCUT2D eigenvalue weighted by atomic mass is 127. The maximum absolute atomic E-state index is 11.5. The summed E-state index contributed by atoms with van der Waals surface area (Å²) in [6.45, 7) is 5.19. The molecule has 0 atom stereocenters. The zero-order valence-corrected chi connectivity index (χ0v) is 19.1. The Hall–Kier alpha value is -0.730. The molecule has 0 spiro atoms. The van der Waals surface area contributed by atoms with Crippen LogP contribution in [0.2, 0.25) is 10.0 Å². The summed E-state index contributed by atoms with van der Waals surface area (Å²) in [4.78, 5) is 18.5. The van der Waals surface area contributed by atoms with Crippen LogP contribution < -0.4 is 10.6 Å². The second kappa shape index (κ2) is 11.9. The molecule has 0 bridgehead atoms. The first-order chi connectivity index (χ1) is 12.0. The Kier molecular flexibility index (Phi) is 10.6. The monoisotopic (exact) mass is 512 g/mol. The number of hydrogen-bond acceptors (Lipinski definition) is 2. The Morgan fingerprint density at radius 1 is 1.31 bits per heavy atom. The normalized spacial score (nSPS) is 15.4. The molecule has 0 unspecified atom stereocenters. The van der Waals surface area contributed by atoms with Crippen molar-refractivity contribution in [3.63, 3.8) is 0 Å². The number of aliphatic imine (C=N–C) groups is 1. The first-order valence-electron chi connectivity index (χ1n) is 8.71. The summed E-state index contributed by atoms with van der Waals surface area (Å²) < 4.78 is 0. The Bertz CT molecular complexity index is 619. The van der Waals surface area contributed by atoms with Crippen LogP contribution in [0.1, 0.15) is 31.7 Å². The zero-order valence-electron chi connectivity index (χ0n) is 15.2. The molecule has 0 aliphatic carbocycles. The van der Waals surface area contributed by atoms with Gasteiger partial charge in [0.15, 0.2) is 5.96 Å². The smallest absolute Gasteiger partial charge is 0.220 e. The highest BCUT2D eigenvalue weighted by Gasteiger charge is 2.23. The molecular weight excluding hydrogens is 486 g/mol. The van der Waals surface area contributed by atoms with Gasteiger partial charge < -0.3 is 15.5 Å². The molecule has 1 aliphatic heterocycles. The molecule has 1 heterocycles. The van der Waals surface area contributed by atoms with Gasteiger partial charge in [-0.15, -0.1) is 24.0 Å². The highest BCUT2D eigenvalue weighted by Crippen LogP contribution is 2.23. The highest BCUT2D eigenvalue weighted by molar-refractivity contribution is 14.0. The molecule has 0 radical (unpaired) electrons. The van der Waals surface area contributed by atoms with Crippen molar-refractivity contribution in [2.24, 2.45) is 10.9 Å². The first-order valence-corrected chi connectivity index (χ1v) is 9.46. The van der Waals surface area contributed by atoms with Gasteiger partial charge in [-0.05, 0) is 43.4 Å². The van der Waals surface area contributed by atoms with Crippen LogP contribution in [-0.2, 0) is 11.3 Å². The molecule has 0 saturated carbocycles. The minimum absolute atomic E-state index is 0. The average molecular weight is 513 g/mol. The van der Waals surface area contributed by atoms with Gasteiger partial charge in [-0.25, -0.2) is 4.99 Å². The van der Waals surface area contributed by atoms with Gasteiger partial charge in [0, 0.05) is 43.1 Å². The number of nitrogens with one attached hydrogen (secondary N) is 2. The number of amides is 1. The van der Waals surface area contributed by atoms with E-state index in [-0.39, 0.29) is 29.9 Å². The quantitative estimate of drug-likeness (QED) is 0.357. The Morgan fingerprint density at radius 2 is 2.00 bits per heavy atom. The third-order valence-corrected chi connectivity index (χ3v) is 5.00. The fourth-order valence-corrected chi connectivity index (χ4v) is 3.42. The number of carbonyl (C=O) groups excluding carboxylic acids is 1. The number of benzene rings is 1. The Labute approximate surface area is 182 Å². The van der Waals surface area contributed by atoms with Crippen LogP contribution in [-0.4, -0.2) is 43.4 Å². The summed E-state index contributed by atoms with van der Waals surface area (Å²) in [5, 5.41) is 7.31. The second-order valence-corrected chi connectivity index (χ2v) is 7.06. The number of nitrogens with zero attached hydrogens (tertiary/aromatic N) is 2. The standard InChI is InChI=1S/C18H26Cl2N4O.HI/c1-3-22-18(23-12-14-4-5-15(19)11-16(14)20)24-8-6-13(7-9-24)10-17(25)21-2;/h4-5,11,13H,3,6-10,12H2,1-2H3,(H,21,25)(H,22,23);1H. The van der Waals surface area contributed by atoms with Crippen LogP contribution >= 0.6 is 47.2 Å². The summed E-state index contributed by atoms with van der Waals surface area (Å²) in [5.74, 6) is 1.47. The van der Waals surface area contributed by atoms with Crippen molar-refractivity contribution in [3.05, 3.63) is 33.8 Å². The zero-order chi connectivity index (χ0) is 18.2. The van der Waals surface area contributed by atoms with Gasteiger partial charge in [0.2, 0.25) is 5.91 Å². The van der Waals surface area contributed by atoms with Gasteiger partial charge in [-0.1, -0.05) is 29.3 Å². The van der Waals surface area contributed by atoms with Crippen molar-refractivity contribution in [2.75, 3.05) is 26.7 Å². The minimum atomic E-state index is 0. The van der Waals surface area contributed by atoms with Crippen molar-refractivity contribution in [1.82, 2.24) is 15.5 Å². The Morgan fingerprint density at radius 3 is 2.58 bits per heavy atom. The van der Waals surface area contributed by atoms with E-state index in [0.29, 0.717) is 28.9 Å². The molecule has 8 heteroatoms. The van der Waals surface area contributed by atoms with Crippen molar-refractivity contribution in [2.45, 2.75) is 32.7 Å². The predicted molar refractivity (Wildman–Crippen MR) is 120 cm³/mol. The van der Waals surface area contributed by atoms with Crippen LogP contribution in [0.4, 0.5) is 0 Å². The van der Waals surface area contributed by atoms with E-state index in [1.807, 2.05) is 12.1 Å². The molecule has 1 aromatic carbocycles. The van der Waals surface area contributed by atoms with E-state index >= 15 is 0 Å². The molecule has 5 nitrogen and oxygen atoms in total. The maximum Gasteiger partial charge on any atom is 0.220 e. The minimum Gasteiger partial charge on any atom is -0.359 e. The van der Waals surface area contributed by atoms with Crippen LogP contribution in [0.25, 0.3) is 0 Å². The van der Waals surface area contributed by atoms with Gasteiger partial charge in [0.05, 0.1) is 6.54 Å². The van der Waals surface area contributed by atoms with Gasteiger partial charge in [-0.2, -0.15) is 0 Å². The van der Waals surface area contributed by atoms with E-state index < -0.39 is 0 Å². The lowest BCUT2D eigenvalue weighted by atomic mass is 9.93. The van der Waals surface area contributed by atoms with Gasteiger partial charge in [0.1, 0.15) is 0 Å². The van der Waals surface area contributed by atoms with Crippen LogP contribution in [0.3, 0.4) is 0 Å². The number of carbonyl (C=O) groups is 1. The van der Waals surface area contributed by atoms with Crippen molar-refractivity contribution >= 4 is 59.0 Å².